The largest absolute Gasteiger partial charge is 0.392 e. The number of hydrogen-bond donors (Lipinski definition) is 4. The molecule has 0 spiro atoms. The smallest absolute Gasteiger partial charge is 0.288 e. The lowest BCUT2D eigenvalue weighted by atomic mass is 9.85. The third-order valence-corrected chi connectivity index (χ3v) is 4.04. The normalized spacial score (nSPS) is 36.5. The van der Waals surface area contributed by atoms with Crippen LogP contribution in [0.5, 0.6) is 0 Å². The molecule has 1 aromatic heterocycles. The summed E-state index contributed by atoms with van der Waals surface area (Å²) in [5.41, 5.74) is 5.82. The summed E-state index contributed by atoms with van der Waals surface area (Å²) < 4.78 is 1.32. The Labute approximate surface area is 114 Å². The van der Waals surface area contributed by atoms with Crippen molar-refractivity contribution in [2.45, 2.75) is 37.2 Å². The standard InChI is InChI=1S/C12H16N4O4/c13-11(20)12-14-4-16(15-12)8-5-2-1-3-6(17)7(5)9(18)10(8)19/h2,4,6-10,17-19H,1,3H2,(H2,13,20)/t6-,7-,8-,9-,10+/m1/s1. The number of aromatic nitrogens is 3. The van der Waals surface area contributed by atoms with E-state index in [0.717, 1.165) is 5.57 Å². The number of amides is 1. The van der Waals surface area contributed by atoms with Crippen molar-refractivity contribution in [1.82, 2.24) is 14.8 Å². The lowest BCUT2D eigenvalue weighted by molar-refractivity contribution is -0.0268. The molecule has 2 aliphatic carbocycles. The van der Waals surface area contributed by atoms with Crippen LogP contribution in [0.2, 0.25) is 0 Å². The van der Waals surface area contributed by atoms with Crippen molar-refractivity contribution in [2.24, 2.45) is 11.7 Å². The van der Waals surface area contributed by atoms with Crippen LogP contribution in [-0.2, 0) is 0 Å². The van der Waals surface area contributed by atoms with Crippen LogP contribution in [0, 0.1) is 5.92 Å². The average molecular weight is 280 g/mol. The lowest BCUT2D eigenvalue weighted by Crippen LogP contribution is -2.35. The minimum absolute atomic E-state index is 0.146. The summed E-state index contributed by atoms with van der Waals surface area (Å²) in [5.74, 6) is -1.41. The van der Waals surface area contributed by atoms with E-state index < -0.39 is 36.2 Å². The maximum absolute atomic E-state index is 11.0. The SMILES string of the molecule is NC(=O)c1ncn([C@@H]2C3=CCC[C@@H](O)[C@@H]3[C@@H](O)[C@H]2O)n1. The number of nitrogens with zero attached hydrogens (tertiary/aromatic N) is 3. The second-order valence-corrected chi connectivity index (χ2v) is 5.21. The van der Waals surface area contributed by atoms with E-state index in [-0.39, 0.29) is 5.82 Å². The van der Waals surface area contributed by atoms with Gasteiger partial charge in [-0.05, 0) is 18.4 Å². The van der Waals surface area contributed by atoms with Crippen molar-refractivity contribution in [3.8, 4) is 0 Å². The maximum atomic E-state index is 11.0. The van der Waals surface area contributed by atoms with Crippen molar-refractivity contribution < 1.29 is 20.1 Å². The third-order valence-electron chi connectivity index (χ3n) is 4.04. The van der Waals surface area contributed by atoms with Gasteiger partial charge >= 0.3 is 0 Å². The molecule has 3 rings (SSSR count). The average Bonchev–Trinajstić information content (AvgIpc) is 2.96. The van der Waals surface area contributed by atoms with Gasteiger partial charge in [-0.15, -0.1) is 5.10 Å². The number of primary amides is 1. The monoisotopic (exact) mass is 280 g/mol. The first-order valence-corrected chi connectivity index (χ1v) is 6.46. The molecule has 1 heterocycles. The Kier molecular flexibility index (Phi) is 3.08. The number of aliphatic hydroxyl groups is 3. The molecule has 1 amide bonds. The van der Waals surface area contributed by atoms with Crippen LogP contribution in [0.1, 0.15) is 29.5 Å². The second-order valence-electron chi connectivity index (χ2n) is 5.21. The van der Waals surface area contributed by atoms with Gasteiger partial charge in [0.25, 0.3) is 5.91 Å². The minimum Gasteiger partial charge on any atom is -0.392 e. The Morgan fingerprint density at radius 1 is 1.35 bits per heavy atom. The molecule has 108 valence electrons. The van der Waals surface area contributed by atoms with E-state index in [1.807, 2.05) is 6.08 Å². The fraction of sp³-hybridized carbons (Fsp3) is 0.583. The number of carbonyl (C=O) groups is 1. The summed E-state index contributed by atoms with van der Waals surface area (Å²) in [5, 5.41) is 34.2. The topological polar surface area (TPSA) is 134 Å². The molecule has 0 unspecified atom stereocenters. The first-order chi connectivity index (χ1) is 9.50. The van der Waals surface area contributed by atoms with E-state index >= 15 is 0 Å². The Morgan fingerprint density at radius 2 is 2.10 bits per heavy atom. The fourth-order valence-electron chi connectivity index (χ4n) is 3.13. The zero-order valence-electron chi connectivity index (χ0n) is 10.6. The molecule has 8 heteroatoms. The zero-order valence-corrected chi connectivity index (χ0v) is 10.6. The van der Waals surface area contributed by atoms with E-state index in [4.69, 9.17) is 5.73 Å². The highest BCUT2D eigenvalue weighted by molar-refractivity contribution is 5.88. The Morgan fingerprint density at radius 3 is 2.75 bits per heavy atom. The molecule has 0 radical (unpaired) electrons. The number of fused-ring (bicyclic) bond motifs is 1. The number of aliphatic hydroxyl groups excluding tert-OH is 3. The van der Waals surface area contributed by atoms with E-state index in [2.05, 4.69) is 10.1 Å². The molecule has 1 fully saturated rings. The summed E-state index contributed by atoms with van der Waals surface area (Å²) >= 11 is 0. The van der Waals surface area contributed by atoms with Gasteiger partial charge in [-0.3, -0.25) is 4.79 Å². The van der Waals surface area contributed by atoms with Crippen molar-refractivity contribution in [3.63, 3.8) is 0 Å². The van der Waals surface area contributed by atoms with E-state index in [1.54, 1.807) is 0 Å². The molecule has 5 N–H and O–H groups in total. The molecule has 8 nitrogen and oxygen atoms in total. The lowest BCUT2D eigenvalue weighted by Gasteiger charge is -2.26. The van der Waals surface area contributed by atoms with Gasteiger partial charge in [0.05, 0.1) is 12.2 Å². The maximum Gasteiger partial charge on any atom is 0.288 e. The van der Waals surface area contributed by atoms with Crippen LogP contribution >= 0.6 is 0 Å². The first-order valence-electron chi connectivity index (χ1n) is 6.46. The van der Waals surface area contributed by atoms with E-state index in [0.29, 0.717) is 12.8 Å². The number of rotatable bonds is 2. The molecule has 20 heavy (non-hydrogen) atoms. The van der Waals surface area contributed by atoms with E-state index in [9.17, 15) is 20.1 Å². The van der Waals surface area contributed by atoms with Gasteiger partial charge in [0.1, 0.15) is 18.5 Å². The summed E-state index contributed by atoms with van der Waals surface area (Å²) in [6.07, 6.45) is 1.54. The highest BCUT2D eigenvalue weighted by atomic mass is 16.3. The van der Waals surface area contributed by atoms with Gasteiger partial charge in [-0.25, -0.2) is 9.67 Å². The van der Waals surface area contributed by atoms with Crippen molar-refractivity contribution >= 4 is 5.91 Å². The second kappa shape index (κ2) is 4.65. The van der Waals surface area contributed by atoms with Gasteiger partial charge in [0, 0.05) is 5.92 Å². The number of carbonyl (C=O) groups excluding carboxylic acids is 1. The van der Waals surface area contributed by atoms with Crippen LogP contribution in [-0.4, -0.2) is 54.3 Å². The predicted octanol–water partition coefficient (Wildman–Crippen LogP) is -1.65. The molecule has 0 bridgehead atoms. The van der Waals surface area contributed by atoms with Crippen LogP contribution in [0.15, 0.2) is 18.0 Å². The first kappa shape index (κ1) is 13.2. The third kappa shape index (κ3) is 1.84. The molecule has 1 aromatic rings. The van der Waals surface area contributed by atoms with Crippen LogP contribution in [0.25, 0.3) is 0 Å². The van der Waals surface area contributed by atoms with Crippen molar-refractivity contribution in [2.75, 3.05) is 0 Å². The Hall–Kier alpha value is -1.77. The van der Waals surface area contributed by atoms with Crippen LogP contribution in [0.3, 0.4) is 0 Å². The molecule has 0 aromatic carbocycles. The van der Waals surface area contributed by atoms with Gasteiger partial charge in [0.2, 0.25) is 5.82 Å². The highest BCUT2D eigenvalue weighted by Crippen LogP contribution is 2.45. The molecular weight excluding hydrogens is 264 g/mol. The zero-order chi connectivity index (χ0) is 14.4. The molecule has 0 aliphatic heterocycles. The summed E-state index contributed by atoms with van der Waals surface area (Å²) in [4.78, 5) is 14.8. The van der Waals surface area contributed by atoms with Crippen molar-refractivity contribution in [3.05, 3.63) is 23.8 Å². The minimum atomic E-state index is -1.11. The molecule has 0 saturated heterocycles. The van der Waals surface area contributed by atoms with E-state index in [1.165, 1.54) is 11.0 Å². The van der Waals surface area contributed by atoms with Crippen LogP contribution in [0.4, 0.5) is 0 Å². The quantitative estimate of drug-likeness (QED) is 0.479. The summed E-state index contributed by atoms with van der Waals surface area (Å²) in [7, 11) is 0. The summed E-state index contributed by atoms with van der Waals surface area (Å²) in [6, 6.07) is -0.634. The van der Waals surface area contributed by atoms with Gasteiger partial charge < -0.3 is 21.1 Å². The Balaban J connectivity index is 1.99. The highest BCUT2D eigenvalue weighted by Gasteiger charge is 2.50. The Bertz CT molecular complexity index is 570. The van der Waals surface area contributed by atoms with Gasteiger partial charge in [-0.1, -0.05) is 6.08 Å². The molecular formula is C12H16N4O4. The number of allylic oxidation sites excluding steroid dienone is 1. The van der Waals surface area contributed by atoms with Gasteiger partial charge in [-0.2, -0.15) is 0 Å². The van der Waals surface area contributed by atoms with Crippen LogP contribution < -0.4 is 5.73 Å². The van der Waals surface area contributed by atoms with Gasteiger partial charge in [0.15, 0.2) is 0 Å². The summed E-state index contributed by atoms with van der Waals surface area (Å²) in [6.45, 7) is 0. The van der Waals surface area contributed by atoms with Crippen molar-refractivity contribution in [1.29, 1.82) is 0 Å². The molecule has 5 atom stereocenters. The number of nitrogens with two attached hydrogens (primary N) is 1. The molecule has 2 aliphatic rings. The molecule has 1 saturated carbocycles. The number of hydrogen-bond acceptors (Lipinski definition) is 6. The fourth-order valence-corrected chi connectivity index (χ4v) is 3.13. The predicted molar refractivity (Wildman–Crippen MR) is 66.4 cm³/mol.